The van der Waals surface area contributed by atoms with E-state index in [1.54, 1.807) is 22.1 Å². The van der Waals surface area contributed by atoms with Gasteiger partial charge >= 0.3 is 0 Å². The minimum absolute atomic E-state index is 0.199. The zero-order valence-corrected chi connectivity index (χ0v) is 15.3. The Bertz CT molecular complexity index is 1000. The van der Waals surface area contributed by atoms with Crippen LogP contribution in [-0.4, -0.2) is 68.2 Å². The Morgan fingerprint density at radius 2 is 2.00 bits per heavy atom. The first-order valence-corrected chi connectivity index (χ1v) is 9.08. The van der Waals surface area contributed by atoms with Gasteiger partial charge in [-0.05, 0) is 19.1 Å². The number of carbonyl (C=O) groups is 1. The van der Waals surface area contributed by atoms with E-state index in [4.69, 9.17) is 0 Å². The SMILES string of the molecule is Cc1ccc2[nH]cc(C(=O)N3CCN(CCn4cncn4)CC3)c(=O)c2c1. The maximum Gasteiger partial charge on any atom is 0.259 e. The fourth-order valence-electron chi connectivity index (χ4n) is 3.43. The summed E-state index contributed by atoms with van der Waals surface area (Å²) < 4.78 is 1.80. The van der Waals surface area contributed by atoms with Crippen molar-refractivity contribution in [2.75, 3.05) is 32.7 Å². The summed E-state index contributed by atoms with van der Waals surface area (Å²) >= 11 is 0. The fraction of sp³-hybridized carbons (Fsp3) is 0.368. The molecule has 0 spiro atoms. The number of aromatic nitrogens is 4. The molecule has 3 heterocycles. The van der Waals surface area contributed by atoms with Gasteiger partial charge in [-0.1, -0.05) is 11.6 Å². The van der Waals surface area contributed by atoms with Crippen molar-refractivity contribution < 1.29 is 4.79 Å². The number of pyridine rings is 1. The van der Waals surface area contributed by atoms with E-state index in [2.05, 4.69) is 20.0 Å². The second-order valence-corrected chi connectivity index (χ2v) is 6.87. The Kier molecular flexibility index (Phi) is 4.72. The number of carbonyl (C=O) groups excluding carboxylic acids is 1. The summed E-state index contributed by atoms with van der Waals surface area (Å²) in [6.45, 7) is 6.36. The standard InChI is InChI=1S/C19H22N6O2/c1-14-2-3-17-15(10-14)18(26)16(11-21-17)19(27)24-7-4-23(5-8-24)6-9-25-13-20-12-22-25/h2-3,10-13H,4-9H2,1H3,(H,21,26). The summed E-state index contributed by atoms with van der Waals surface area (Å²) in [5, 5.41) is 4.66. The van der Waals surface area contributed by atoms with E-state index in [9.17, 15) is 9.59 Å². The van der Waals surface area contributed by atoms with Crippen molar-refractivity contribution in [2.45, 2.75) is 13.5 Å². The third-order valence-corrected chi connectivity index (χ3v) is 5.04. The topological polar surface area (TPSA) is 87.1 Å². The average Bonchev–Trinajstić information content (AvgIpc) is 3.21. The van der Waals surface area contributed by atoms with E-state index in [1.807, 2.05) is 25.1 Å². The number of nitrogens with zero attached hydrogens (tertiary/aromatic N) is 5. The van der Waals surface area contributed by atoms with Crippen LogP contribution in [0.25, 0.3) is 10.9 Å². The van der Waals surface area contributed by atoms with E-state index in [-0.39, 0.29) is 16.9 Å². The molecule has 1 aliphatic rings. The number of hydrogen-bond acceptors (Lipinski definition) is 5. The van der Waals surface area contributed by atoms with Crippen molar-refractivity contribution in [1.82, 2.24) is 29.5 Å². The number of aromatic amines is 1. The van der Waals surface area contributed by atoms with Gasteiger partial charge in [0, 0.05) is 49.8 Å². The monoisotopic (exact) mass is 366 g/mol. The maximum absolute atomic E-state index is 12.9. The lowest BCUT2D eigenvalue weighted by atomic mass is 10.1. The molecule has 1 fully saturated rings. The first kappa shape index (κ1) is 17.4. The molecule has 4 rings (SSSR count). The number of benzene rings is 1. The highest BCUT2D eigenvalue weighted by Gasteiger charge is 2.24. The largest absolute Gasteiger partial charge is 0.360 e. The number of hydrogen-bond donors (Lipinski definition) is 1. The fourth-order valence-corrected chi connectivity index (χ4v) is 3.43. The molecule has 0 unspecified atom stereocenters. The summed E-state index contributed by atoms with van der Waals surface area (Å²) in [6, 6.07) is 5.64. The number of nitrogens with one attached hydrogen (secondary N) is 1. The summed E-state index contributed by atoms with van der Waals surface area (Å²) in [7, 11) is 0. The van der Waals surface area contributed by atoms with Gasteiger partial charge in [-0.25, -0.2) is 4.98 Å². The number of amides is 1. The summed E-state index contributed by atoms with van der Waals surface area (Å²) in [4.78, 5) is 36.7. The van der Waals surface area contributed by atoms with Crippen LogP contribution in [0, 0.1) is 6.92 Å². The molecule has 140 valence electrons. The normalized spacial score (nSPS) is 15.4. The molecule has 8 heteroatoms. The molecule has 0 radical (unpaired) electrons. The highest BCUT2D eigenvalue weighted by molar-refractivity contribution is 5.97. The van der Waals surface area contributed by atoms with Crippen LogP contribution in [0.2, 0.25) is 0 Å². The molecule has 0 atom stereocenters. The zero-order valence-electron chi connectivity index (χ0n) is 15.3. The Balaban J connectivity index is 1.43. The molecule has 2 aromatic heterocycles. The maximum atomic E-state index is 12.9. The lowest BCUT2D eigenvalue weighted by Crippen LogP contribution is -2.50. The first-order valence-electron chi connectivity index (χ1n) is 9.08. The van der Waals surface area contributed by atoms with Crippen LogP contribution in [0.1, 0.15) is 15.9 Å². The van der Waals surface area contributed by atoms with Crippen LogP contribution < -0.4 is 5.43 Å². The van der Waals surface area contributed by atoms with Gasteiger partial charge in [0.05, 0.1) is 6.54 Å². The number of rotatable bonds is 4. The van der Waals surface area contributed by atoms with E-state index in [0.29, 0.717) is 18.5 Å². The smallest absolute Gasteiger partial charge is 0.259 e. The highest BCUT2D eigenvalue weighted by Crippen LogP contribution is 2.12. The molecule has 1 aromatic carbocycles. The van der Waals surface area contributed by atoms with Crippen LogP contribution in [0.4, 0.5) is 0 Å². The predicted molar refractivity (Wildman–Crippen MR) is 102 cm³/mol. The number of fused-ring (bicyclic) bond motifs is 1. The molecule has 0 bridgehead atoms. The molecular formula is C19H22N6O2. The predicted octanol–water partition coefficient (Wildman–Crippen LogP) is 0.886. The number of aryl methyl sites for hydroxylation is 1. The van der Waals surface area contributed by atoms with Crippen LogP contribution in [-0.2, 0) is 6.54 Å². The Morgan fingerprint density at radius 1 is 1.19 bits per heavy atom. The highest BCUT2D eigenvalue weighted by atomic mass is 16.2. The summed E-state index contributed by atoms with van der Waals surface area (Å²) in [6.07, 6.45) is 4.77. The minimum atomic E-state index is -0.203. The van der Waals surface area contributed by atoms with Gasteiger partial charge in [0.1, 0.15) is 18.2 Å². The quantitative estimate of drug-likeness (QED) is 0.741. The molecular weight excluding hydrogens is 344 g/mol. The van der Waals surface area contributed by atoms with Crippen LogP contribution in [0.3, 0.4) is 0 Å². The van der Waals surface area contributed by atoms with Gasteiger partial charge in [0.2, 0.25) is 5.43 Å². The van der Waals surface area contributed by atoms with Crippen molar-refractivity contribution in [3.8, 4) is 0 Å². The first-order chi connectivity index (χ1) is 13.1. The lowest BCUT2D eigenvalue weighted by Gasteiger charge is -2.34. The van der Waals surface area contributed by atoms with E-state index >= 15 is 0 Å². The molecule has 1 N–H and O–H groups in total. The molecule has 1 aliphatic heterocycles. The third kappa shape index (κ3) is 3.61. The van der Waals surface area contributed by atoms with Crippen molar-refractivity contribution >= 4 is 16.8 Å². The van der Waals surface area contributed by atoms with Crippen molar-refractivity contribution in [3.63, 3.8) is 0 Å². The third-order valence-electron chi connectivity index (χ3n) is 5.04. The van der Waals surface area contributed by atoms with Gasteiger partial charge in [-0.3, -0.25) is 19.2 Å². The molecule has 1 amide bonds. The summed E-state index contributed by atoms with van der Waals surface area (Å²) in [5.41, 5.74) is 1.76. The number of piperazine rings is 1. The van der Waals surface area contributed by atoms with Gasteiger partial charge in [0.25, 0.3) is 5.91 Å². The number of H-pyrrole nitrogens is 1. The summed E-state index contributed by atoms with van der Waals surface area (Å²) in [5.74, 6) is -0.199. The zero-order chi connectivity index (χ0) is 18.8. The lowest BCUT2D eigenvalue weighted by molar-refractivity contribution is 0.0630. The van der Waals surface area contributed by atoms with Crippen molar-refractivity contribution in [1.29, 1.82) is 0 Å². The van der Waals surface area contributed by atoms with Gasteiger partial charge in [0.15, 0.2) is 0 Å². The molecule has 1 saturated heterocycles. The molecule has 3 aromatic rings. The van der Waals surface area contributed by atoms with Crippen molar-refractivity contribution in [2.24, 2.45) is 0 Å². The Hall–Kier alpha value is -3.00. The molecule has 8 nitrogen and oxygen atoms in total. The van der Waals surface area contributed by atoms with Crippen LogP contribution >= 0.6 is 0 Å². The Labute approximate surface area is 156 Å². The van der Waals surface area contributed by atoms with Crippen LogP contribution in [0.5, 0.6) is 0 Å². The second-order valence-electron chi connectivity index (χ2n) is 6.87. The Morgan fingerprint density at radius 3 is 2.74 bits per heavy atom. The van der Waals surface area contributed by atoms with E-state index < -0.39 is 0 Å². The average molecular weight is 366 g/mol. The molecule has 27 heavy (non-hydrogen) atoms. The van der Waals surface area contributed by atoms with Gasteiger partial charge in [-0.2, -0.15) is 5.10 Å². The van der Waals surface area contributed by atoms with Gasteiger partial charge < -0.3 is 9.88 Å². The van der Waals surface area contributed by atoms with Gasteiger partial charge in [-0.15, -0.1) is 0 Å². The van der Waals surface area contributed by atoms with Crippen LogP contribution in [0.15, 0.2) is 41.8 Å². The molecule has 0 saturated carbocycles. The minimum Gasteiger partial charge on any atom is -0.360 e. The van der Waals surface area contributed by atoms with E-state index in [0.717, 1.165) is 37.3 Å². The van der Waals surface area contributed by atoms with Crippen molar-refractivity contribution in [3.05, 3.63) is 58.4 Å². The van der Waals surface area contributed by atoms with E-state index in [1.165, 1.54) is 6.33 Å². The second kappa shape index (κ2) is 7.32. The molecule has 0 aliphatic carbocycles.